The van der Waals surface area contributed by atoms with Gasteiger partial charge in [-0.2, -0.15) is 9.61 Å². The SMILES string of the molecule is Cc1nnc2sc(-c3cccc(Br)c3N)nn12. The normalized spacial score (nSPS) is 11.2. The van der Waals surface area contributed by atoms with Gasteiger partial charge in [-0.05, 0) is 35.0 Å². The number of benzene rings is 1. The lowest BCUT2D eigenvalue weighted by Crippen LogP contribution is -1.93. The number of halogens is 1. The number of para-hydroxylation sites is 1. The summed E-state index contributed by atoms with van der Waals surface area (Å²) in [6, 6.07) is 5.79. The maximum atomic E-state index is 6.02. The summed E-state index contributed by atoms with van der Waals surface area (Å²) in [6.07, 6.45) is 0. The second-order valence-electron chi connectivity index (χ2n) is 3.55. The monoisotopic (exact) mass is 309 g/mol. The number of nitrogen functional groups attached to an aromatic ring is 1. The molecule has 0 spiro atoms. The quantitative estimate of drug-likeness (QED) is 0.701. The Morgan fingerprint density at radius 1 is 1.35 bits per heavy atom. The van der Waals surface area contributed by atoms with Crippen molar-refractivity contribution in [3.63, 3.8) is 0 Å². The van der Waals surface area contributed by atoms with Crippen molar-refractivity contribution in [2.24, 2.45) is 0 Å². The lowest BCUT2D eigenvalue weighted by atomic mass is 10.2. The van der Waals surface area contributed by atoms with Gasteiger partial charge in [-0.3, -0.25) is 0 Å². The molecule has 0 bridgehead atoms. The fourth-order valence-electron chi connectivity index (χ4n) is 1.55. The predicted molar refractivity (Wildman–Crippen MR) is 70.9 cm³/mol. The van der Waals surface area contributed by atoms with Crippen LogP contribution in [0.5, 0.6) is 0 Å². The summed E-state index contributed by atoms with van der Waals surface area (Å²) in [6.45, 7) is 1.87. The van der Waals surface area contributed by atoms with Crippen LogP contribution in [-0.2, 0) is 0 Å². The molecular formula is C10H8BrN5S. The van der Waals surface area contributed by atoms with Crippen molar-refractivity contribution in [2.75, 3.05) is 5.73 Å². The van der Waals surface area contributed by atoms with E-state index in [0.29, 0.717) is 5.69 Å². The largest absolute Gasteiger partial charge is 0.397 e. The molecule has 2 heterocycles. The number of fused-ring (bicyclic) bond motifs is 1. The van der Waals surface area contributed by atoms with Crippen molar-refractivity contribution >= 4 is 37.9 Å². The molecule has 0 fully saturated rings. The van der Waals surface area contributed by atoms with Crippen LogP contribution in [-0.4, -0.2) is 19.8 Å². The second kappa shape index (κ2) is 3.78. The van der Waals surface area contributed by atoms with E-state index in [2.05, 4.69) is 31.2 Å². The van der Waals surface area contributed by atoms with E-state index in [9.17, 15) is 0 Å². The molecule has 17 heavy (non-hydrogen) atoms. The van der Waals surface area contributed by atoms with Crippen LogP contribution in [0.4, 0.5) is 5.69 Å². The summed E-state index contributed by atoms with van der Waals surface area (Å²) in [5, 5.41) is 13.3. The first-order valence-corrected chi connectivity index (χ1v) is 6.51. The lowest BCUT2D eigenvalue weighted by Gasteiger charge is -2.02. The molecule has 0 unspecified atom stereocenters. The third-order valence-electron chi connectivity index (χ3n) is 2.43. The van der Waals surface area contributed by atoms with E-state index in [-0.39, 0.29) is 0 Å². The van der Waals surface area contributed by atoms with Gasteiger partial charge in [-0.15, -0.1) is 10.2 Å². The Morgan fingerprint density at radius 2 is 2.18 bits per heavy atom. The molecule has 5 nitrogen and oxygen atoms in total. The van der Waals surface area contributed by atoms with Gasteiger partial charge in [-0.1, -0.05) is 17.4 Å². The van der Waals surface area contributed by atoms with Crippen LogP contribution in [0.25, 0.3) is 15.5 Å². The molecule has 0 saturated heterocycles. The highest BCUT2D eigenvalue weighted by Gasteiger charge is 2.13. The van der Waals surface area contributed by atoms with Crippen LogP contribution in [0.2, 0.25) is 0 Å². The summed E-state index contributed by atoms with van der Waals surface area (Å²) in [5.74, 6) is 0.774. The molecule has 0 atom stereocenters. The molecule has 86 valence electrons. The van der Waals surface area contributed by atoms with Gasteiger partial charge in [0, 0.05) is 10.0 Å². The van der Waals surface area contributed by atoms with Crippen molar-refractivity contribution in [1.29, 1.82) is 0 Å². The second-order valence-corrected chi connectivity index (χ2v) is 5.36. The van der Waals surface area contributed by atoms with E-state index in [1.807, 2.05) is 25.1 Å². The number of aromatic nitrogens is 4. The number of nitrogens with zero attached hydrogens (tertiary/aromatic N) is 4. The number of rotatable bonds is 1. The Labute approximate surface area is 109 Å². The summed E-state index contributed by atoms with van der Waals surface area (Å²) in [7, 11) is 0. The maximum Gasteiger partial charge on any atom is 0.234 e. The van der Waals surface area contributed by atoms with Gasteiger partial charge in [0.1, 0.15) is 5.01 Å². The Balaban J connectivity index is 2.23. The van der Waals surface area contributed by atoms with Gasteiger partial charge in [0.05, 0.1) is 5.69 Å². The van der Waals surface area contributed by atoms with Gasteiger partial charge < -0.3 is 5.73 Å². The first-order chi connectivity index (χ1) is 8.16. The highest BCUT2D eigenvalue weighted by molar-refractivity contribution is 9.10. The minimum absolute atomic E-state index is 0.690. The van der Waals surface area contributed by atoms with Crippen LogP contribution in [0, 0.1) is 6.92 Å². The molecular weight excluding hydrogens is 302 g/mol. The molecule has 0 amide bonds. The van der Waals surface area contributed by atoms with Crippen molar-refractivity contribution < 1.29 is 0 Å². The van der Waals surface area contributed by atoms with Crippen LogP contribution in [0.15, 0.2) is 22.7 Å². The number of hydrogen-bond acceptors (Lipinski definition) is 5. The number of anilines is 1. The fraction of sp³-hybridized carbons (Fsp3) is 0.100. The average molecular weight is 310 g/mol. The van der Waals surface area contributed by atoms with Crippen molar-refractivity contribution in [2.45, 2.75) is 6.92 Å². The summed E-state index contributed by atoms with van der Waals surface area (Å²) >= 11 is 4.88. The number of aryl methyl sites for hydroxylation is 1. The molecule has 0 saturated carbocycles. The van der Waals surface area contributed by atoms with Gasteiger partial charge in [0.25, 0.3) is 0 Å². The maximum absolute atomic E-state index is 6.02. The molecule has 3 rings (SSSR count). The molecule has 2 N–H and O–H groups in total. The third kappa shape index (κ3) is 1.62. The molecule has 0 aliphatic rings. The minimum Gasteiger partial charge on any atom is -0.397 e. The Morgan fingerprint density at radius 3 is 2.94 bits per heavy atom. The van der Waals surface area contributed by atoms with Crippen LogP contribution >= 0.6 is 27.3 Å². The summed E-state index contributed by atoms with van der Waals surface area (Å²) < 4.78 is 2.60. The van der Waals surface area contributed by atoms with E-state index < -0.39 is 0 Å². The van der Waals surface area contributed by atoms with Crippen molar-refractivity contribution in [1.82, 2.24) is 19.8 Å². The van der Waals surface area contributed by atoms with Crippen molar-refractivity contribution in [3.8, 4) is 10.6 Å². The van der Waals surface area contributed by atoms with E-state index in [1.165, 1.54) is 11.3 Å². The highest BCUT2D eigenvalue weighted by atomic mass is 79.9. The molecule has 0 radical (unpaired) electrons. The van der Waals surface area contributed by atoms with Gasteiger partial charge in [0.15, 0.2) is 5.82 Å². The minimum atomic E-state index is 0.690. The Kier molecular flexibility index (Phi) is 2.37. The standard InChI is InChI=1S/C10H8BrN5S/c1-5-13-14-10-16(5)15-9(17-10)6-3-2-4-7(11)8(6)12/h2-4H,12H2,1H3. The molecule has 0 aliphatic carbocycles. The number of hydrogen-bond donors (Lipinski definition) is 1. The zero-order chi connectivity index (χ0) is 12.0. The van der Waals surface area contributed by atoms with Crippen LogP contribution in [0.1, 0.15) is 5.82 Å². The van der Waals surface area contributed by atoms with E-state index in [0.717, 1.165) is 25.8 Å². The predicted octanol–water partition coefficient (Wildman–Crippen LogP) is 2.51. The molecule has 0 aliphatic heterocycles. The number of nitrogens with two attached hydrogens (primary N) is 1. The zero-order valence-electron chi connectivity index (χ0n) is 8.88. The van der Waals surface area contributed by atoms with E-state index >= 15 is 0 Å². The van der Waals surface area contributed by atoms with Crippen molar-refractivity contribution in [3.05, 3.63) is 28.5 Å². The van der Waals surface area contributed by atoms with Gasteiger partial charge >= 0.3 is 0 Å². The Hall–Kier alpha value is -1.47. The van der Waals surface area contributed by atoms with E-state index in [1.54, 1.807) is 4.52 Å². The average Bonchev–Trinajstić information content (AvgIpc) is 2.85. The molecule has 2 aromatic heterocycles. The van der Waals surface area contributed by atoms with Gasteiger partial charge in [0.2, 0.25) is 4.96 Å². The first kappa shape index (κ1) is 10.7. The van der Waals surface area contributed by atoms with Crippen LogP contribution < -0.4 is 5.73 Å². The van der Waals surface area contributed by atoms with E-state index in [4.69, 9.17) is 5.73 Å². The Bertz CT molecular complexity index is 702. The molecule has 7 heteroatoms. The first-order valence-electron chi connectivity index (χ1n) is 4.90. The topological polar surface area (TPSA) is 69.1 Å². The smallest absolute Gasteiger partial charge is 0.234 e. The molecule has 1 aromatic carbocycles. The molecule has 3 aromatic rings. The fourth-order valence-corrected chi connectivity index (χ4v) is 2.84. The highest BCUT2D eigenvalue weighted by Crippen LogP contribution is 2.33. The zero-order valence-corrected chi connectivity index (χ0v) is 11.3. The summed E-state index contributed by atoms with van der Waals surface area (Å²) in [5.41, 5.74) is 7.62. The lowest BCUT2D eigenvalue weighted by molar-refractivity contribution is 0.898. The summed E-state index contributed by atoms with van der Waals surface area (Å²) in [4.78, 5) is 0.775. The third-order valence-corrected chi connectivity index (χ3v) is 4.05. The van der Waals surface area contributed by atoms with Gasteiger partial charge in [-0.25, -0.2) is 0 Å². The van der Waals surface area contributed by atoms with Crippen LogP contribution in [0.3, 0.4) is 0 Å².